The Labute approximate surface area is 400 Å². The van der Waals surface area contributed by atoms with E-state index < -0.39 is 52.2 Å². The number of hydrogen-bond donors (Lipinski definition) is 0. The van der Waals surface area contributed by atoms with Crippen LogP contribution in [0.1, 0.15) is 5.56 Å². The summed E-state index contributed by atoms with van der Waals surface area (Å²) in [5.41, 5.74) is -0.623. The quantitative estimate of drug-likeness (QED) is 0.0485. The molecule has 0 aliphatic rings. The topological polar surface area (TPSA) is 0 Å². The Bertz CT molecular complexity index is 2650. The van der Waals surface area contributed by atoms with E-state index in [1.807, 2.05) is 0 Å². The SMILES string of the molecule is FC(F)(F)c1ccc([Si](c2ccccc2P(CCP(c2ccccc2)c2ccccc2)c2ccccc2)c2ccccc2P(CCP(c2ccccc2)c2ccccc2)c2ccccc2)cc1. The van der Waals surface area contributed by atoms with Crippen LogP contribution in [0, 0.1) is 0 Å². The highest BCUT2D eigenvalue weighted by Crippen LogP contribution is 2.43. The fourth-order valence-corrected chi connectivity index (χ4v) is 23.7. The average Bonchev–Trinajstić information content (AvgIpc) is 3.39. The first kappa shape index (κ1) is 46.8. The molecule has 2 atom stereocenters. The summed E-state index contributed by atoms with van der Waals surface area (Å²) in [6.45, 7) is 0. The molecule has 9 rings (SSSR count). The van der Waals surface area contributed by atoms with Crippen molar-refractivity contribution >= 4 is 98.5 Å². The van der Waals surface area contributed by atoms with Gasteiger partial charge in [-0.2, -0.15) is 13.2 Å². The van der Waals surface area contributed by atoms with Crippen molar-refractivity contribution in [2.45, 2.75) is 6.18 Å². The zero-order valence-corrected chi connectivity index (χ0v) is 41.6. The van der Waals surface area contributed by atoms with Crippen LogP contribution in [0.4, 0.5) is 13.2 Å². The van der Waals surface area contributed by atoms with E-state index in [1.165, 1.54) is 64.9 Å². The molecule has 0 heterocycles. The third-order valence-corrected chi connectivity index (χ3v) is 26.1. The standard InChI is InChI=1S/C59H50F3P4Si/c60-59(61,62)47-39-41-54(42-40-47)67(57-37-21-19-35-55(57)65(52-31-15-5-16-32-52)45-43-63(48-23-7-1-8-24-48)49-25-9-2-10-26-49)58-38-22-20-36-56(58)66(53-33-17-6-18-34-53)46-44-64(50-27-11-3-12-28-50)51-29-13-4-14-30-51/h1-42H,43-46H2. The first-order valence-corrected chi connectivity index (χ1v) is 30.2. The summed E-state index contributed by atoms with van der Waals surface area (Å²) >= 11 is 0. The van der Waals surface area contributed by atoms with Gasteiger partial charge in [0.2, 0.25) is 0 Å². The fraction of sp³-hybridized carbons (Fsp3) is 0.0847. The lowest BCUT2D eigenvalue weighted by molar-refractivity contribution is -0.137. The molecule has 0 bridgehead atoms. The second-order valence-electron chi connectivity index (χ2n) is 16.1. The van der Waals surface area contributed by atoms with E-state index in [2.05, 4.69) is 231 Å². The number of benzene rings is 9. The molecule has 9 aromatic rings. The first-order chi connectivity index (χ1) is 32.9. The van der Waals surface area contributed by atoms with Crippen LogP contribution in [0.5, 0.6) is 0 Å². The summed E-state index contributed by atoms with van der Waals surface area (Å²) in [5.74, 6) is 0. The molecule has 0 N–H and O–H groups in total. The van der Waals surface area contributed by atoms with E-state index in [9.17, 15) is 13.2 Å². The highest BCUT2D eigenvalue weighted by molar-refractivity contribution is 7.78. The molecule has 2 unspecified atom stereocenters. The molecular formula is C59H50F3P4Si. The van der Waals surface area contributed by atoms with Gasteiger partial charge in [0, 0.05) is 0 Å². The van der Waals surface area contributed by atoms with E-state index in [1.54, 1.807) is 12.1 Å². The summed E-state index contributed by atoms with van der Waals surface area (Å²) in [6, 6.07) is 89.6. The maximum absolute atomic E-state index is 14.3. The van der Waals surface area contributed by atoms with Crippen molar-refractivity contribution < 1.29 is 13.2 Å². The van der Waals surface area contributed by atoms with Gasteiger partial charge in [0.15, 0.2) is 8.80 Å². The van der Waals surface area contributed by atoms with Gasteiger partial charge in [-0.3, -0.25) is 0 Å². The van der Waals surface area contributed by atoms with E-state index >= 15 is 0 Å². The van der Waals surface area contributed by atoms with E-state index in [0.29, 0.717) is 0 Å². The molecule has 0 aliphatic heterocycles. The van der Waals surface area contributed by atoms with Crippen LogP contribution in [-0.2, 0) is 6.18 Å². The molecule has 0 fully saturated rings. The van der Waals surface area contributed by atoms with Gasteiger partial charge < -0.3 is 0 Å². The summed E-state index contributed by atoms with van der Waals surface area (Å²) in [7, 11) is -4.99. The van der Waals surface area contributed by atoms with Crippen molar-refractivity contribution in [2.24, 2.45) is 0 Å². The lowest BCUT2D eigenvalue weighted by Crippen LogP contribution is -2.60. The van der Waals surface area contributed by atoms with E-state index in [-0.39, 0.29) is 0 Å². The van der Waals surface area contributed by atoms with Gasteiger partial charge in [-0.15, -0.1) is 0 Å². The summed E-state index contributed by atoms with van der Waals surface area (Å²) in [6.07, 6.45) is -0.495. The lowest BCUT2D eigenvalue weighted by Gasteiger charge is -2.30. The second kappa shape index (κ2) is 22.7. The maximum atomic E-state index is 14.3. The maximum Gasteiger partial charge on any atom is 0.416 e. The molecular weight excluding hydrogens is 918 g/mol. The minimum atomic E-state index is -4.43. The van der Waals surface area contributed by atoms with Crippen LogP contribution in [0.3, 0.4) is 0 Å². The third kappa shape index (κ3) is 11.5. The predicted octanol–water partition coefficient (Wildman–Crippen LogP) is 10.4. The molecule has 0 saturated carbocycles. The van der Waals surface area contributed by atoms with Crippen molar-refractivity contribution in [3.05, 3.63) is 260 Å². The van der Waals surface area contributed by atoms with Gasteiger partial charge in [-0.1, -0.05) is 260 Å². The number of halogens is 3. The predicted molar refractivity (Wildman–Crippen MR) is 292 cm³/mol. The van der Waals surface area contributed by atoms with Crippen LogP contribution in [-0.4, -0.2) is 33.4 Å². The van der Waals surface area contributed by atoms with Gasteiger partial charge in [-0.25, -0.2) is 0 Å². The fourth-order valence-electron chi connectivity index (χ4n) is 8.76. The van der Waals surface area contributed by atoms with Crippen LogP contribution in [0.25, 0.3) is 0 Å². The minimum Gasteiger partial charge on any atom is -0.166 e. The summed E-state index contributed by atoms with van der Waals surface area (Å²) in [5, 5.41) is 14.1. The zero-order chi connectivity index (χ0) is 45.8. The molecule has 0 nitrogen and oxygen atoms in total. The molecule has 331 valence electrons. The number of hydrogen-bond acceptors (Lipinski definition) is 0. The molecule has 1 radical (unpaired) electrons. The van der Waals surface area contributed by atoms with Crippen LogP contribution < -0.4 is 58.0 Å². The summed E-state index contributed by atoms with van der Waals surface area (Å²) < 4.78 is 42.9. The van der Waals surface area contributed by atoms with Crippen LogP contribution in [0.2, 0.25) is 0 Å². The van der Waals surface area contributed by atoms with Crippen molar-refractivity contribution in [1.29, 1.82) is 0 Å². The third-order valence-electron chi connectivity index (χ3n) is 11.9. The molecule has 9 aromatic carbocycles. The Balaban J connectivity index is 1.19. The largest absolute Gasteiger partial charge is 0.416 e. The molecule has 8 heteroatoms. The highest BCUT2D eigenvalue weighted by Gasteiger charge is 2.34. The van der Waals surface area contributed by atoms with E-state index in [0.717, 1.165) is 29.8 Å². The Morgan fingerprint density at radius 1 is 0.284 bits per heavy atom. The lowest BCUT2D eigenvalue weighted by atomic mass is 10.2. The monoisotopic (exact) mass is 967 g/mol. The zero-order valence-electron chi connectivity index (χ0n) is 37.0. The van der Waals surface area contributed by atoms with Gasteiger partial charge in [0.05, 0.1) is 5.56 Å². The number of alkyl halides is 3. The Morgan fingerprint density at radius 2 is 0.537 bits per heavy atom. The Morgan fingerprint density at radius 3 is 0.836 bits per heavy atom. The van der Waals surface area contributed by atoms with Gasteiger partial charge >= 0.3 is 6.18 Å². The van der Waals surface area contributed by atoms with Gasteiger partial charge in [-0.05, 0) is 109 Å². The molecule has 0 aromatic heterocycles. The molecule has 0 saturated heterocycles. The Kier molecular flexibility index (Phi) is 15.8. The van der Waals surface area contributed by atoms with Gasteiger partial charge in [0.25, 0.3) is 0 Å². The minimum absolute atomic E-state index is 0.623. The van der Waals surface area contributed by atoms with Crippen LogP contribution >= 0.6 is 31.7 Å². The highest BCUT2D eigenvalue weighted by atomic mass is 31.1. The summed E-state index contributed by atoms with van der Waals surface area (Å²) in [4.78, 5) is 0. The van der Waals surface area contributed by atoms with Crippen molar-refractivity contribution in [2.75, 3.05) is 24.6 Å². The van der Waals surface area contributed by atoms with Crippen molar-refractivity contribution in [3.63, 3.8) is 0 Å². The molecule has 0 amide bonds. The molecule has 0 aliphatic carbocycles. The normalized spacial score (nSPS) is 12.6. The van der Waals surface area contributed by atoms with Gasteiger partial charge in [0.1, 0.15) is 0 Å². The van der Waals surface area contributed by atoms with E-state index in [4.69, 9.17) is 0 Å². The molecule has 0 spiro atoms. The van der Waals surface area contributed by atoms with Crippen molar-refractivity contribution in [1.82, 2.24) is 0 Å². The smallest absolute Gasteiger partial charge is 0.166 e. The Hall–Kier alpha value is -5.29. The van der Waals surface area contributed by atoms with Crippen LogP contribution in [0.15, 0.2) is 255 Å². The average molecular weight is 968 g/mol. The first-order valence-electron chi connectivity index (χ1n) is 22.6. The second-order valence-corrected chi connectivity index (χ2v) is 27.8. The molecule has 67 heavy (non-hydrogen) atoms. The van der Waals surface area contributed by atoms with Crippen molar-refractivity contribution in [3.8, 4) is 0 Å². The number of rotatable bonds is 17.